The Morgan fingerprint density at radius 3 is 2.36 bits per heavy atom. The average molecular weight is 339 g/mol. The van der Waals surface area contributed by atoms with Gasteiger partial charge in [0.1, 0.15) is 11.5 Å². The van der Waals surface area contributed by atoms with Crippen molar-refractivity contribution in [2.24, 2.45) is 0 Å². The quantitative estimate of drug-likeness (QED) is 0.624. The molecule has 2 aromatic rings. The molecule has 25 heavy (non-hydrogen) atoms. The van der Waals surface area contributed by atoms with Crippen LogP contribution in [-0.4, -0.2) is 29.9 Å². The van der Waals surface area contributed by atoms with Gasteiger partial charge in [-0.1, -0.05) is 18.2 Å². The van der Waals surface area contributed by atoms with Gasteiger partial charge in [0.05, 0.1) is 12.7 Å². The fourth-order valence-electron chi connectivity index (χ4n) is 2.20. The average Bonchev–Trinajstić information content (AvgIpc) is 2.59. The van der Waals surface area contributed by atoms with Crippen LogP contribution in [-0.2, 0) is 0 Å². The third-order valence-electron chi connectivity index (χ3n) is 3.49. The molecule has 0 spiro atoms. The molecule has 0 radical (unpaired) electrons. The molecule has 0 bridgehead atoms. The Labute approximate surface area is 146 Å². The molecule has 2 N–H and O–H groups in total. The minimum absolute atomic E-state index is 0.0712. The second-order valence-corrected chi connectivity index (χ2v) is 5.83. The number of phenolic OH excluding ortho intramolecular Hbond substituents is 1. The summed E-state index contributed by atoms with van der Waals surface area (Å²) in [5.74, 6) is -0.102. The van der Waals surface area contributed by atoms with E-state index in [1.54, 1.807) is 36.4 Å². The van der Waals surface area contributed by atoms with Crippen LogP contribution in [0.1, 0.15) is 40.1 Å². The van der Waals surface area contributed by atoms with E-state index in [1.807, 2.05) is 13.8 Å². The molecule has 1 amide bonds. The molecule has 0 aliphatic heterocycles. The first-order valence-electron chi connectivity index (χ1n) is 7.91. The van der Waals surface area contributed by atoms with Gasteiger partial charge in [0, 0.05) is 17.7 Å². The Morgan fingerprint density at radius 2 is 1.80 bits per heavy atom. The number of hydrogen-bond acceptors (Lipinski definition) is 4. The Balaban J connectivity index is 2.08. The number of ketones is 1. The molecule has 0 heterocycles. The summed E-state index contributed by atoms with van der Waals surface area (Å²) in [6.45, 7) is 3.80. The Hall–Kier alpha value is -3.08. The summed E-state index contributed by atoms with van der Waals surface area (Å²) in [7, 11) is 1.49. The topological polar surface area (TPSA) is 75.6 Å². The fourth-order valence-corrected chi connectivity index (χ4v) is 2.20. The maximum atomic E-state index is 12.2. The van der Waals surface area contributed by atoms with Crippen LogP contribution in [0.25, 0.3) is 6.08 Å². The van der Waals surface area contributed by atoms with Crippen molar-refractivity contribution >= 4 is 17.8 Å². The van der Waals surface area contributed by atoms with Crippen molar-refractivity contribution in [2.45, 2.75) is 19.9 Å². The molecule has 0 unspecified atom stereocenters. The van der Waals surface area contributed by atoms with Gasteiger partial charge in [0.15, 0.2) is 5.78 Å². The Morgan fingerprint density at radius 1 is 1.12 bits per heavy atom. The summed E-state index contributed by atoms with van der Waals surface area (Å²) in [6.07, 6.45) is 3.01. The van der Waals surface area contributed by atoms with E-state index < -0.39 is 0 Å². The highest BCUT2D eigenvalue weighted by Gasteiger charge is 2.09. The number of carbonyl (C=O) groups is 2. The molecule has 0 saturated heterocycles. The lowest BCUT2D eigenvalue weighted by molar-refractivity contribution is 0.0942. The number of aromatic hydroxyl groups is 1. The van der Waals surface area contributed by atoms with Crippen molar-refractivity contribution in [3.8, 4) is 11.5 Å². The number of methoxy groups -OCH3 is 1. The fraction of sp³-hybridized carbons (Fsp3) is 0.200. The second kappa shape index (κ2) is 8.15. The second-order valence-electron chi connectivity index (χ2n) is 5.83. The first-order chi connectivity index (χ1) is 11.9. The third kappa shape index (κ3) is 4.94. The van der Waals surface area contributed by atoms with Gasteiger partial charge in [0.25, 0.3) is 5.91 Å². The zero-order chi connectivity index (χ0) is 18.4. The van der Waals surface area contributed by atoms with Crippen molar-refractivity contribution in [1.82, 2.24) is 5.32 Å². The van der Waals surface area contributed by atoms with Crippen molar-refractivity contribution in [3.63, 3.8) is 0 Å². The molecular weight excluding hydrogens is 318 g/mol. The largest absolute Gasteiger partial charge is 0.507 e. The molecule has 0 atom stereocenters. The van der Waals surface area contributed by atoms with E-state index in [4.69, 9.17) is 4.74 Å². The van der Waals surface area contributed by atoms with Gasteiger partial charge in [0.2, 0.25) is 0 Å². The SMILES string of the molecule is COc1ccc(C(=O)/C=C/c2ccc(C(=O)NC(C)C)cc2)c(O)c1. The van der Waals surface area contributed by atoms with E-state index in [9.17, 15) is 14.7 Å². The molecule has 2 rings (SSSR count). The van der Waals surface area contributed by atoms with Crippen LogP contribution in [0.15, 0.2) is 48.5 Å². The van der Waals surface area contributed by atoms with Gasteiger partial charge < -0.3 is 15.2 Å². The minimum Gasteiger partial charge on any atom is -0.507 e. The summed E-state index contributed by atoms with van der Waals surface area (Å²) in [4.78, 5) is 24.1. The van der Waals surface area contributed by atoms with E-state index in [1.165, 1.54) is 25.3 Å². The van der Waals surface area contributed by atoms with Crippen molar-refractivity contribution in [2.75, 3.05) is 7.11 Å². The predicted molar refractivity (Wildman–Crippen MR) is 97.1 cm³/mol. The molecule has 130 valence electrons. The predicted octanol–water partition coefficient (Wildman–Crippen LogP) is 3.44. The van der Waals surface area contributed by atoms with Gasteiger partial charge in [-0.2, -0.15) is 0 Å². The zero-order valence-electron chi connectivity index (χ0n) is 14.4. The summed E-state index contributed by atoms with van der Waals surface area (Å²) in [5, 5.41) is 12.7. The maximum absolute atomic E-state index is 12.2. The van der Waals surface area contributed by atoms with Gasteiger partial charge in [-0.05, 0) is 49.8 Å². The van der Waals surface area contributed by atoms with Crippen molar-refractivity contribution in [3.05, 3.63) is 65.2 Å². The first-order valence-corrected chi connectivity index (χ1v) is 7.91. The number of benzene rings is 2. The molecule has 0 fully saturated rings. The Bertz CT molecular complexity index is 792. The zero-order valence-corrected chi connectivity index (χ0v) is 14.4. The lowest BCUT2D eigenvalue weighted by atomic mass is 10.1. The summed E-state index contributed by atoms with van der Waals surface area (Å²) in [5.41, 5.74) is 1.54. The van der Waals surface area contributed by atoms with Crippen LogP contribution >= 0.6 is 0 Å². The van der Waals surface area contributed by atoms with Gasteiger partial charge >= 0.3 is 0 Å². The Kier molecular flexibility index (Phi) is 5.95. The smallest absolute Gasteiger partial charge is 0.251 e. The van der Waals surface area contributed by atoms with E-state index in [0.717, 1.165) is 5.56 Å². The summed E-state index contributed by atoms with van der Waals surface area (Å²) >= 11 is 0. The number of allylic oxidation sites excluding steroid dienone is 1. The van der Waals surface area contributed by atoms with Crippen LogP contribution < -0.4 is 10.1 Å². The van der Waals surface area contributed by atoms with Gasteiger partial charge in [-0.25, -0.2) is 0 Å². The first kappa shape index (κ1) is 18.3. The van der Waals surface area contributed by atoms with Gasteiger partial charge in [-0.15, -0.1) is 0 Å². The summed E-state index contributed by atoms with van der Waals surface area (Å²) in [6, 6.07) is 11.5. The van der Waals surface area contributed by atoms with Crippen LogP contribution in [0.5, 0.6) is 11.5 Å². The molecule has 5 nitrogen and oxygen atoms in total. The summed E-state index contributed by atoms with van der Waals surface area (Å²) < 4.78 is 4.99. The normalized spacial score (nSPS) is 10.9. The van der Waals surface area contributed by atoms with E-state index in [0.29, 0.717) is 11.3 Å². The van der Waals surface area contributed by atoms with Crippen molar-refractivity contribution in [1.29, 1.82) is 0 Å². The van der Waals surface area contributed by atoms with E-state index >= 15 is 0 Å². The van der Waals surface area contributed by atoms with Gasteiger partial charge in [-0.3, -0.25) is 9.59 Å². The highest BCUT2D eigenvalue weighted by molar-refractivity contribution is 6.08. The number of nitrogens with one attached hydrogen (secondary N) is 1. The molecule has 0 aliphatic rings. The van der Waals surface area contributed by atoms with Crippen LogP contribution in [0, 0.1) is 0 Å². The lowest BCUT2D eigenvalue weighted by Gasteiger charge is -2.08. The monoisotopic (exact) mass is 339 g/mol. The molecule has 0 aromatic heterocycles. The number of hydrogen-bond donors (Lipinski definition) is 2. The minimum atomic E-state index is -0.318. The van der Waals surface area contributed by atoms with Crippen molar-refractivity contribution < 1.29 is 19.4 Å². The molecule has 0 aliphatic carbocycles. The number of carbonyl (C=O) groups excluding carboxylic acids is 2. The standard InChI is InChI=1S/C20H21NO4/c1-13(2)21-20(24)15-7-4-14(5-8-15)6-11-18(22)17-10-9-16(25-3)12-19(17)23/h4-13,23H,1-3H3,(H,21,24)/b11-6+. The highest BCUT2D eigenvalue weighted by atomic mass is 16.5. The number of phenols is 1. The third-order valence-corrected chi connectivity index (χ3v) is 3.49. The van der Waals surface area contributed by atoms with E-state index in [-0.39, 0.29) is 29.0 Å². The van der Waals surface area contributed by atoms with Crippen LogP contribution in [0.3, 0.4) is 0 Å². The number of amides is 1. The van der Waals surface area contributed by atoms with Crippen LogP contribution in [0.4, 0.5) is 0 Å². The van der Waals surface area contributed by atoms with Crippen LogP contribution in [0.2, 0.25) is 0 Å². The molecule has 0 saturated carbocycles. The maximum Gasteiger partial charge on any atom is 0.251 e. The molecule has 5 heteroatoms. The van der Waals surface area contributed by atoms with E-state index in [2.05, 4.69) is 5.32 Å². The number of ether oxygens (including phenoxy) is 1. The highest BCUT2D eigenvalue weighted by Crippen LogP contribution is 2.24. The molecular formula is C20H21NO4. The number of rotatable bonds is 6. The molecule has 2 aromatic carbocycles. The lowest BCUT2D eigenvalue weighted by Crippen LogP contribution is -2.29.